The predicted molar refractivity (Wildman–Crippen MR) is 96.4 cm³/mol. The van der Waals surface area contributed by atoms with Gasteiger partial charge in [-0.15, -0.1) is 11.3 Å². The van der Waals surface area contributed by atoms with Crippen LogP contribution in [0.25, 0.3) is 0 Å². The molecule has 0 spiro atoms. The Balaban J connectivity index is 1.34. The second-order valence-electron chi connectivity index (χ2n) is 6.73. The first-order chi connectivity index (χ1) is 12.2. The summed E-state index contributed by atoms with van der Waals surface area (Å²) in [5.41, 5.74) is 1.58. The van der Waals surface area contributed by atoms with Crippen LogP contribution in [0.15, 0.2) is 29.9 Å². The minimum Gasteiger partial charge on any atom is -0.364 e. The molecule has 132 valence electrons. The first-order valence-electron chi connectivity index (χ1n) is 8.67. The van der Waals surface area contributed by atoms with Crippen molar-refractivity contribution in [3.8, 4) is 0 Å². The number of hydrogen-bond acceptors (Lipinski definition) is 6. The lowest BCUT2D eigenvalue weighted by Gasteiger charge is -2.33. The predicted octanol–water partition coefficient (Wildman–Crippen LogP) is 2.46. The SMILES string of the molecule is Cc1ncccc1NC(=O)[C@@H]1C[C@H]2CCN(Cc3nccs3)C[C@H]2O1. The molecule has 1 N–H and O–H groups in total. The summed E-state index contributed by atoms with van der Waals surface area (Å²) in [7, 11) is 0. The molecule has 6 nitrogen and oxygen atoms in total. The Morgan fingerprint density at radius 2 is 2.36 bits per heavy atom. The fraction of sp³-hybridized carbons (Fsp3) is 0.500. The highest BCUT2D eigenvalue weighted by atomic mass is 32.1. The number of hydrogen-bond donors (Lipinski definition) is 1. The van der Waals surface area contributed by atoms with E-state index in [1.165, 1.54) is 0 Å². The van der Waals surface area contributed by atoms with Crippen LogP contribution in [0.4, 0.5) is 5.69 Å². The lowest BCUT2D eigenvalue weighted by atomic mass is 9.91. The van der Waals surface area contributed by atoms with Crippen LogP contribution in [0.1, 0.15) is 23.5 Å². The summed E-state index contributed by atoms with van der Waals surface area (Å²) in [5.74, 6) is 0.412. The number of nitrogens with zero attached hydrogens (tertiary/aromatic N) is 3. The lowest BCUT2D eigenvalue weighted by Crippen LogP contribution is -2.41. The molecule has 4 heterocycles. The second-order valence-corrected chi connectivity index (χ2v) is 7.71. The molecule has 2 fully saturated rings. The third kappa shape index (κ3) is 3.73. The Bertz CT molecular complexity index is 736. The largest absolute Gasteiger partial charge is 0.364 e. The number of fused-ring (bicyclic) bond motifs is 1. The van der Waals surface area contributed by atoms with Crippen LogP contribution >= 0.6 is 11.3 Å². The van der Waals surface area contributed by atoms with Gasteiger partial charge in [0.1, 0.15) is 11.1 Å². The van der Waals surface area contributed by atoms with Crippen molar-refractivity contribution in [2.75, 3.05) is 18.4 Å². The average Bonchev–Trinajstić information content (AvgIpc) is 3.26. The maximum Gasteiger partial charge on any atom is 0.253 e. The van der Waals surface area contributed by atoms with Gasteiger partial charge >= 0.3 is 0 Å². The van der Waals surface area contributed by atoms with Crippen molar-refractivity contribution in [3.63, 3.8) is 0 Å². The molecule has 0 radical (unpaired) electrons. The normalized spacial score (nSPS) is 26.4. The van der Waals surface area contributed by atoms with Gasteiger partial charge < -0.3 is 10.1 Å². The third-order valence-corrected chi connectivity index (χ3v) is 5.80. The summed E-state index contributed by atoms with van der Waals surface area (Å²) in [6.07, 6.45) is 5.23. The zero-order valence-corrected chi connectivity index (χ0v) is 15.0. The molecular weight excluding hydrogens is 336 g/mol. The third-order valence-electron chi connectivity index (χ3n) is 5.04. The molecule has 2 aromatic heterocycles. The van der Waals surface area contributed by atoms with Crippen molar-refractivity contribution in [1.82, 2.24) is 14.9 Å². The Hall–Kier alpha value is -1.83. The number of piperidine rings is 1. The molecule has 4 rings (SSSR count). The van der Waals surface area contributed by atoms with Crippen molar-refractivity contribution >= 4 is 22.9 Å². The Kier molecular flexibility index (Phi) is 4.78. The average molecular weight is 358 g/mol. The number of nitrogens with one attached hydrogen (secondary N) is 1. The first kappa shape index (κ1) is 16.6. The fourth-order valence-electron chi connectivity index (χ4n) is 3.66. The van der Waals surface area contributed by atoms with Gasteiger partial charge in [-0.25, -0.2) is 4.98 Å². The summed E-state index contributed by atoms with van der Waals surface area (Å²) in [5, 5.41) is 6.11. The maximum atomic E-state index is 12.6. The topological polar surface area (TPSA) is 67.4 Å². The van der Waals surface area contributed by atoms with Gasteiger partial charge in [-0.3, -0.25) is 14.7 Å². The minimum atomic E-state index is -0.366. The monoisotopic (exact) mass is 358 g/mol. The molecule has 2 aliphatic rings. The summed E-state index contributed by atoms with van der Waals surface area (Å²) in [6.45, 7) is 4.68. The van der Waals surface area contributed by atoms with Gasteiger partial charge in [0, 0.05) is 24.3 Å². The van der Waals surface area contributed by atoms with Crippen molar-refractivity contribution < 1.29 is 9.53 Å². The smallest absolute Gasteiger partial charge is 0.253 e. The second kappa shape index (κ2) is 7.19. The van der Waals surface area contributed by atoms with E-state index in [-0.39, 0.29) is 18.1 Å². The fourth-order valence-corrected chi connectivity index (χ4v) is 4.32. The Morgan fingerprint density at radius 3 is 3.16 bits per heavy atom. The molecule has 0 unspecified atom stereocenters. The van der Waals surface area contributed by atoms with Crippen LogP contribution in [0.5, 0.6) is 0 Å². The summed E-state index contributed by atoms with van der Waals surface area (Å²) >= 11 is 1.69. The van der Waals surface area contributed by atoms with Gasteiger partial charge in [0.2, 0.25) is 0 Å². The highest BCUT2D eigenvalue weighted by Gasteiger charge is 2.41. The number of carbonyl (C=O) groups is 1. The maximum absolute atomic E-state index is 12.6. The lowest BCUT2D eigenvalue weighted by molar-refractivity contribution is -0.127. The van der Waals surface area contributed by atoms with E-state index < -0.39 is 0 Å². The number of rotatable bonds is 4. The summed E-state index contributed by atoms with van der Waals surface area (Å²) in [4.78, 5) is 23.5. The molecule has 0 bridgehead atoms. The highest BCUT2D eigenvalue weighted by Crippen LogP contribution is 2.34. The molecular formula is C18H22N4O2S. The van der Waals surface area contributed by atoms with E-state index in [0.717, 1.165) is 48.9 Å². The van der Waals surface area contributed by atoms with E-state index in [0.29, 0.717) is 5.92 Å². The number of aryl methyl sites for hydroxylation is 1. The number of anilines is 1. The van der Waals surface area contributed by atoms with Gasteiger partial charge in [0.25, 0.3) is 5.91 Å². The molecule has 2 saturated heterocycles. The van der Waals surface area contributed by atoms with Crippen LogP contribution in [0.3, 0.4) is 0 Å². The van der Waals surface area contributed by atoms with E-state index >= 15 is 0 Å². The van der Waals surface area contributed by atoms with E-state index in [1.807, 2.05) is 30.6 Å². The van der Waals surface area contributed by atoms with Crippen LogP contribution < -0.4 is 5.32 Å². The number of carbonyl (C=O) groups excluding carboxylic acids is 1. The molecule has 1 amide bonds. The van der Waals surface area contributed by atoms with Crippen LogP contribution in [-0.2, 0) is 16.1 Å². The van der Waals surface area contributed by atoms with Gasteiger partial charge in [-0.05, 0) is 44.4 Å². The quantitative estimate of drug-likeness (QED) is 0.909. The van der Waals surface area contributed by atoms with Crippen LogP contribution in [-0.4, -0.2) is 46.1 Å². The van der Waals surface area contributed by atoms with Crippen LogP contribution in [0, 0.1) is 12.8 Å². The number of pyridine rings is 1. The van der Waals surface area contributed by atoms with Gasteiger partial charge in [-0.1, -0.05) is 0 Å². The highest BCUT2D eigenvalue weighted by molar-refractivity contribution is 7.09. The van der Waals surface area contributed by atoms with Gasteiger partial charge in [-0.2, -0.15) is 0 Å². The number of aromatic nitrogens is 2. The number of likely N-dealkylation sites (tertiary alicyclic amines) is 1. The number of amides is 1. The van der Waals surface area contributed by atoms with Crippen molar-refractivity contribution in [1.29, 1.82) is 0 Å². The zero-order chi connectivity index (χ0) is 17.2. The van der Waals surface area contributed by atoms with Crippen LogP contribution in [0.2, 0.25) is 0 Å². The molecule has 2 aliphatic heterocycles. The molecule has 25 heavy (non-hydrogen) atoms. The molecule has 7 heteroatoms. The standard InChI is InChI=1S/C18H22N4O2S/c1-12-14(3-2-5-19-12)21-18(23)15-9-13-4-7-22(10-16(13)24-15)11-17-20-6-8-25-17/h2-3,5-6,8,13,15-16H,4,7,9-11H2,1H3,(H,21,23)/t13-,15+,16-/m1/s1. The molecule has 3 atom stereocenters. The van der Waals surface area contributed by atoms with Crippen molar-refractivity contribution in [2.45, 2.75) is 38.5 Å². The van der Waals surface area contributed by atoms with Crippen molar-refractivity contribution in [2.24, 2.45) is 5.92 Å². The van der Waals surface area contributed by atoms with E-state index in [1.54, 1.807) is 17.5 Å². The Labute approximate surface area is 151 Å². The first-order valence-corrected chi connectivity index (χ1v) is 9.55. The molecule has 2 aromatic rings. The minimum absolute atomic E-state index is 0.0584. The number of ether oxygens (including phenoxy) is 1. The van der Waals surface area contributed by atoms with Crippen molar-refractivity contribution in [3.05, 3.63) is 40.6 Å². The molecule has 0 saturated carbocycles. The van der Waals surface area contributed by atoms with E-state index in [2.05, 4.69) is 20.2 Å². The molecule has 0 aromatic carbocycles. The molecule has 0 aliphatic carbocycles. The van der Waals surface area contributed by atoms with Gasteiger partial charge in [0.05, 0.1) is 24.0 Å². The van der Waals surface area contributed by atoms with Gasteiger partial charge in [0.15, 0.2) is 0 Å². The Morgan fingerprint density at radius 1 is 1.44 bits per heavy atom. The zero-order valence-electron chi connectivity index (χ0n) is 14.2. The summed E-state index contributed by atoms with van der Waals surface area (Å²) < 4.78 is 6.10. The number of thiazole rings is 1. The van der Waals surface area contributed by atoms with E-state index in [9.17, 15) is 4.79 Å². The summed E-state index contributed by atoms with van der Waals surface area (Å²) in [6, 6.07) is 3.70. The van der Waals surface area contributed by atoms with E-state index in [4.69, 9.17) is 4.74 Å².